The molecule has 7 aromatic rings. The van der Waals surface area contributed by atoms with Crippen LogP contribution in [0.4, 0.5) is 0 Å². The largest absolute Gasteiger partial charge is 0.473 e. The van der Waals surface area contributed by atoms with Crippen LogP contribution >= 0.6 is 11.3 Å². The first-order valence-corrected chi connectivity index (χ1v) is 10.6. The Balaban J connectivity index is 0.000000204. The van der Waals surface area contributed by atoms with E-state index in [-0.39, 0.29) is 0 Å². The molecule has 0 saturated carbocycles. The molecule has 0 aliphatic carbocycles. The van der Waals surface area contributed by atoms with Crippen molar-refractivity contribution in [3.05, 3.63) is 129 Å². The van der Waals surface area contributed by atoms with Crippen LogP contribution in [-0.4, -0.2) is 50.5 Å². The third-order valence-electron chi connectivity index (χ3n) is 2.61. The van der Waals surface area contributed by atoms with E-state index < -0.39 is 0 Å². The number of nitrogens with zero attached hydrogens (tertiary/aromatic N) is 7. The fourth-order valence-corrected chi connectivity index (χ4v) is 1.70. The summed E-state index contributed by atoms with van der Waals surface area (Å²) in [5.74, 6) is 0. The van der Waals surface area contributed by atoms with Crippen molar-refractivity contribution in [1.82, 2.24) is 50.5 Å². The molecule has 7 rings (SSSR count). The van der Waals surface area contributed by atoms with Gasteiger partial charge in [0.05, 0.1) is 36.8 Å². The second-order valence-corrected chi connectivity index (χ2v) is 5.77. The van der Waals surface area contributed by atoms with E-state index in [0.29, 0.717) is 0 Å². The quantitative estimate of drug-likeness (QED) is 0.273. The smallest absolute Gasteiger partial charge is 0.180 e. The van der Waals surface area contributed by atoms with E-state index in [1.54, 1.807) is 85.1 Å². The Morgan fingerprint density at radius 3 is 1.77 bits per heavy atom. The first kappa shape index (κ1) is 27.9. The molecule has 0 saturated heterocycles. The molecule has 35 heavy (non-hydrogen) atoms. The van der Waals surface area contributed by atoms with Crippen molar-refractivity contribution >= 4 is 11.3 Å². The maximum Gasteiger partial charge on any atom is 0.180 e. The summed E-state index contributed by atoms with van der Waals surface area (Å²) in [5.41, 5.74) is 1.79. The molecule has 0 amide bonds. The zero-order valence-corrected chi connectivity index (χ0v) is 19.2. The van der Waals surface area contributed by atoms with Gasteiger partial charge in [-0.05, 0) is 24.3 Å². The van der Waals surface area contributed by atoms with Crippen LogP contribution in [0.25, 0.3) is 0 Å². The number of rotatable bonds is 0. The Morgan fingerprint density at radius 2 is 1.57 bits per heavy atom. The van der Waals surface area contributed by atoms with Gasteiger partial charge in [-0.25, -0.2) is 15.0 Å². The summed E-state index contributed by atoms with van der Waals surface area (Å²) in [6.07, 6.45) is 24.1. The second-order valence-electron chi connectivity index (χ2n) is 5.01. The van der Waals surface area contributed by atoms with Crippen molar-refractivity contribution in [3.63, 3.8) is 0 Å². The van der Waals surface area contributed by atoms with Gasteiger partial charge in [0.15, 0.2) is 6.39 Å². The summed E-state index contributed by atoms with van der Waals surface area (Å²) < 4.78 is 13.4. The van der Waals surface area contributed by atoms with Crippen LogP contribution in [-0.2, 0) is 0 Å². The van der Waals surface area contributed by atoms with Gasteiger partial charge in [-0.3, -0.25) is 15.2 Å². The van der Waals surface area contributed by atoms with Gasteiger partial charge in [-0.1, -0.05) is 5.16 Å². The van der Waals surface area contributed by atoms with Crippen LogP contribution in [0.1, 0.15) is 0 Å². The molecule has 0 aromatic carbocycles. The molecule has 182 valence electrons. The molecule has 14 heteroatoms. The number of H-pyrrole nitrogens is 3. The molecule has 0 fully saturated rings. The Bertz CT molecular complexity index is 703. The average Bonchev–Trinajstić information content (AvgIpc) is 3.81. The monoisotopic (exact) mass is 496 g/mol. The standard InChI is InChI=1S/C4H4O.2C3H4N2.2C3H3NO.C3H3NS.C2H3N3/c1-2-4-5-3-1;1-2-5-3-4-1;1-2-4-5-3-1;1-2-5-3-4-1;1-2-4-5-3-1;1-2-5-3-4-1;1-3-2-5-4-1/h1-4H;2*1-3H,(H,4,5);3*1-3H;1-2H,(H,3,4,5). The zero-order valence-electron chi connectivity index (χ0n) is 18.4. The summed E-state index contributed by atoms with van der Waals surface area (Å²) in [6.45, 7) is 0. The number of hydrogen-bond acceptors (Lipinski definition) is 11. The van der Waals surface area contributed by atoms with E-state index >= 15 is 0 Å². The molecule has 0 aliphatic rings. The van der Waals surface area contributed by atoms with Crippen molar-refractivity contribution in [3.8, 4) is 0 Å². The van der Waals surface area contributed by atoms with E-state index in [1.807, 2.05) is 23.6 Å². The summed E-state index contributed by atoms with van der Waals surface area (Å²) in [6, 6.07) is 7.22. The third kappa shape index (κ3) is 23.4. The minimum atomic E-state index is 1.38. The van der Waals surface area contributed by atoms with Crippen LogP contribution in [0.2, 0.25) is 0 Å². The summed E-state index contributed by atoms with van der Waals surface area (Å²) in [4.78, 5) is 17.3. The normalized spacial score (nSPS) is 8.00. The summed E-state index contributed by atoms with van der Waals surface area (Å²) >= 11 is 1.60. The lowest BCUT2D eigenvalue weighted by Gasteiger charge is -1.50. The molecule has 13 nitrogen and oxygen atoms in total. The maximum atomic E-state index is 4.58. The second kappa shape index (κ2) is 25.2. The highest BCUT2D eigenvalue weighted by molar-refractivity contribution is 7.07. The molecular formula is C21H24N10O3S. The zero-order chi connectivity index (χ0) is 24.7. The highest BCUT2D eigenvalue weighted by atomic mass is 32.1. The van der Waals surface area contributed by atoms with Crippen molar-refractivity contribution in [2.45, 2.75) is 0 Å². The molecule has 0 unspecified atom stereocenters. The minimum Gasteiger partial charge on any atom is -0.473 e. The van der Waals surface area contributed by atoms with Gasteiger partial charge in [-0.15, -0.1) is 11.3 Å². The Labute approximate surface area is 204 Å². The van der Waals surface area contributed by atoms with E-state index in [2.05, 4.69) is 63.8 Å². The lowest BCUT2D eigenvalue weighted by Crippen LogP contribution is -1.53. The number of thiazole rings is 1. The van der Waals surface area contributed by atoms with E-state index in [0.717, 1.165) is 0 Å². The van der Waals surface area contributed by atoms with Gasteiger partial charge >= 0.3 is 0 Å². The van der Waals surface area contributed by atoms with Crippen LogP contribution < -0.4 is 0 Å². The molecule has 0 radical (unpaired) electrons. The van der Waals surface area contributed by atoms with E-state index in [4.69, 9.17) is 0 Å². The average molecular weight is 497 g/mol. The van der Waals surface area contributed by atoms with Crippen molar-refractivity contribution in [2.75, 3.05) is 0 Å². The van der Waals surface area contributed by atoms with Crippen LogP contribution in [0, 0.1) is 0 Å². The molecule has 0 bridgehead atoms. The number of aromatic nitrogens is 10. The third-order valence-corrected chi connectivity index (χ3v) is 3.13. The number of nitrogens with one attached hydrogen (secondary N) is 3. The number of hydrogen-bond donors (Lipinski definition) is 3. The van der Waals surface area contributed by atoms with Crippen LogP contribution in [0.5, 0.6) is 0 Å². The highest BCUT2D eigenvalue weighted by Crippen LogP contribution is 1.86. The molecule has 7 heterocycles. The first-order valence-electron chi connectivity index (χ1n) is 9.61. The van der Waals surface area contributed by atoms with Gasteiger partial charge in [0.1, 0.15) is 25.2 Å². The summed E-state index contributed by atoms with van der Waals surface area (Å²) in [7, 11) is 0. The minimum absolute atomic E-state index is 1.38. The Morgan fingerprint density at radius 1 is 0.629 bits per heavy atom. The Kier molecular flexibility index (Phi) is 20.1. The molecular weight excluding hydrogens is 472 g/mol. The van der Waals surface area contributed by atoms with E-state index in [9.17, 15) is 0 Å². The number of oxazole rings is 1. The Hall–Kier alpha value is -5.11. The lowest BCUT2D eigenvalue weighted by molar-refractivity contribution is 0.420. The number of furan rings is 1. The number of aromatic amines is 3. The predicted molar refractivity (Wildman–Crippen MR) is 127 cm³/mol. The predicted octanol–water partition coefficient (Wildman–Crippen LogP) is 4.40. The molecule has 0 atom stereocenters. The van der Waals surface area contributed by atoms with Crippen molar-refractivity contribution in [1.29, 1.82) is 0 Å². The molecule has 0 aliphatic heterocycles. The van der Waals surface area contributed by atoms with Crippen molar-refractivity contribution in [2.24, 2.45) is 0 Å². The molecule has 7 aromatic heterocycles. The SMILES string of the molecule is c1c[nH]cn1.c1ccoc1.c1cn[nH]c1.c1cnoc1.c1cocn1.c1cscn1.c1nc[nH]n1. The van der Waals surface area contributed by atoms with Gasteiger partial charge < -0.3 is 18.3 Å². The van der Waals surface area contributed by atoms with Gasteiger partial charge in [-0.2, -0.15) is 10.2 Å². The fourth-order valence-electron chi connectivity index (χ4n) is 1.35. The van der Waals surface area contributed by atoms with Crippen molar-refractivity contribution < 1.29 is 13.4 Å². The molecule has 3 N–H and O–H groups in total. The van der Waals surface area contributed by atoms with Crippen LogP contribution in [0.3, 0.4) is 0 Å². The van der Waals surface area contributed by atoms with Gasteiger partial charge in [0, 0.05) is 36.4 Å². The summed E-state index contributed by atoms with van der Waals surface area (Å²) in [5, 5.41) is 17.5. The fraction of sp³-hybridized carbons (Fsp3) is 0. The highest BCUT2D eigenvalue weighted by Gasteiger charge is 1.61. The van der Waals surface area contributed by atoms with Gasteiger partial charge in [0.25, 0.3) is 0 Å². The van der Waals surface area contributed by atoms with Crippen LogP contribution in [0.15, 0.2) is 142 Å². The van der Waals surface area contributed by atoms with E-state index in [1.165, 1.54) is 31.6 Å². The first-order chi connectivity index (χ1) is 17.5. The lowest BCUT2D eigenvalue weighted by atomic mass is 10.7. The number of imidazole rings is 1. The van der Waals surface area contributed by atoms with Gasteiger partial charge in [0.2, 0.25) is 0 Å². The molecule has 0 spiro atoms. The maximum absolute atomic E-state index is 4.58. The topological polar surface area (TPSA) is 177 Å².